The minimum atomic E-state index is 0.313. The number of aromatic hydroxyl groups is 1. The standard InChI is InChI=1S/C39H72O4/c1-4-7-10-13-16-19-22-25-30-41-33-36-28-29-39(40)38(35-43-32-27-24-21-18-15-12-9-6-3)37(36)34-42-31-26-23-20-17-14-11-8-5-2/h28-29,40H,4-27,30-35H2,1-3H3. The van der Waals surface area contributed by atoms with Crippen molar-refractivity contribution in [3.63, 3.8) is 0 Å². The zero-order valence-corrected chi connectivity index (χ0v) is 29.0. The van der Waals surface area contributed by atoms with E-state index in [9.17, 15) is 5.11 Å². The highest BCUT2D eigenvalue weighted by Gasteiger charge is 2.14. The topological polar surface area (TPSA) is 47.9 Å². The van der Waals surface area contributed by atoms with Crippen molar-refractivity contribution in [3.05, 3.63) is 28.8 Å². The van der Waals surface area contributed by atoms with Crippen molar-refractivity contribution < 1.29 is 19.3 Å². The molecule has 0 aliphatic heterocycles. The molecule has 43 heavy (non-hydrogen) atoms. The lowest BCUT2D eigenvalue weighted by Gasteiger charge is -2.17. The Bertz CT molecular complexity index is 719. The molecule has 0 heterocycles. The fourth-order valence-electron chi connectivity index (χ4n) is 5.75. The molecular weight excluding hydrogens is 532 g/mol. The van der Waals surface area contributed by atoms with Gasteiger partial charge in [-0.25, -0.2) is 0 Å². The van der Waals surface area contributed by atoms with Gasteiger partial charge in [0.1, 0.15) is 5.75 Å². The van der Waals surface area contributed by atoms with Crippen molar-refractivity contribution in [2.75, 3.05) is 19.8 Å². The van der Waals surface area contributed by atoms with Crippen molar-refractivity contribution >= 4 is 0 Å². The van der Waals surface area contributed by atoms with Gasteiger partial charge in [0.05, 0.1) is 19.8 Å². The van der Waals surface area contributed by atoms with Gasteiger partial charge in [-0.2, -0.15) is 0 Å². The Kier molecular flexibility index (Phi) is 28.7. The number of hydrogen-bond donors (Lipinski definition) is 1. The van der Waals surface area contributed by atoms with Crippen molar-refractivity contribution in [3.8, 4) is 5.75 Å². The molecular formula is C39H72O4. The molecule has 0 fully saturated rings. The van der Waals surface area contributed by atoms with Gasteiger partial charge < -0.3 is 19.3 Å². The SMILES string of the molecule is CCCCCCCCCCOCc1ccc(O)c(COCCCCCCCCCC)c1COCCCCCCCCCC. The molecule has 4 heteroatoms. The summed E-state index contributed by atoms with van der Waals surface area (Å²) in [6, 6.07) is 3.83. The third-order valence-corrected chi connectivity index (χ3v) is 8.68. The zero-order chi connectivity index (χ0) is 31.1. The van der Waals surface area contributed by atoms with E-state index < -0.39 is 0 Å². The lowest BCUT2D eigenvalue weighted by atomic mass is 10.0. The van der Waals surface area contributed by atoms with Gasteiger partial charge in [-0.3, -0.25) is 0 Å². The average molecular weight is 605 g/mol. The first-order chi connectivity index (χ1) is 21.2. The molecule has 0 radical (unpaired) electrons. The monoisotopic (exact) mass is 605 g/mol. The number of ether oxygens (including phenoxy) is 3. The van der Waals surface area contributed by atoms with Crippen LogP contribution in [0.5, 0.6) is 5.75 Å². The number of benzene rings is 1. The Hall–Kier alpha value is -1.10. The van der Waals surface area contributed by atoms with E-state index in [4.69, 9.17) is 14.2 Å². The average Bonchev–Trinajstić information content (AvgIpc) is 3.01. The summed E-state index contributed by atoms with van der Waals surface area (Å²) in [4.78, 5) is 0. The van der Waals surface area contributed by atoms with E-state index in [0.29, 0.717) is 25.6 Å². The van der Waals surface area contributed by atoms with Crippen molar-refractivity contribution in [1.29, 1.82) is 0 Å². The largest absolute Gasteiger partial charge is 0.508 e. The molecule has 0 amide bonds. The van der Waals surface area contributed by atoms with E-state index in [1.807, 2.05) is 12.1 Å². The van der Waals surface area contributed by atoms with Crippen LogP contribution in [0.15, 0.2) is 12.1 Å². The Labute approximate surface area is 268 Å². The minimum Gasteiger partial charge on any atom is -0.508 e. The molecule has 1 rings (SSSR count). The van der Waals surface area contributed by atoms with Gasteiger partial charge in [-0.1, -0.05) is 162 Å². The van der Waals surface area contributed by atoms with Crippen LogP contribution in [0, 0.1) is 0 Å². The van der Waals surface area contributed by atoms with Crippen molar-refractivity contribution in [1.82, 2.24) is 0 Å². The van der Waals surface area contributed by atoms with E-state index in [2.05, 4.69) is 20.8 Å². The summed E-state index contributed by atoms with van der Waals surface area (Å²) < 4.78 is 18.4. The van der Waals surface area contributed by atoms with Crippen LogP contribution in [0.25, 0.3) is 0 Å². The molecule has 4 nitrogen and oxygen atoms in total. The number of phenolic OH excluding ortho intramolecular Hbond substituents is 1. The highest BCUT2D eigenvalue weighted by molar-refractivity contribution is 5.43. The van der Waals surface area contributed by atoms with Gasteiger partial charge in [-0.05, 0) is 36.5 Å². The summed E-state index contributed by atoms with van der Waals surface area (Å²) in [6.07, 6.45) is 31.2. The van der Waals surface area contributed by atoms with Gasteiger partial charge >= 0.3 is 0 Å². The molecule has 0 aliphatic carbocycles. The van der Waals surface area contributed by atoms with E-state index in [0.717, 1.165) is 55.8 Å². The number of unbranched alkanes of at least 4 members (excludes halogenated alkanes) is 21. The van der Waals surface area contributed by atoms with Gasteiger partial charge in [-0.15, -0.1) is 0 Å². The fourth-order valence-corrected chi connectivity index (χ4v) is 5.75. The summed E-state index contributed by atoms with van der Waals surface area (Å²) >= 11 is 0. The molecule has 0 unspecified atom stereocenters. The Morgan fingerprint density at radius 1 is 0.395 bits per heavy atom. The summed E-state index contributed by atoms with van der Waals surface area (Å²) in [5.74, 6) is 0.313. The van der Waals surface area contributed by atoms with Crippen LogP contribution in [0.4, 0.5) is 0 Å². The number of hydrogen-bond acceptors (Lipinski definition) is 4. The summed E-state index contributed by atoms with van der Waals surface area (Å²) in [7, 11) is 0. The lowest BCUT2D eigenvalue weighted by molar-refractivity contribution is 0.0945. The van der Waals surface area contributed by atoms with E-state index in [1.54, 1.807) is 0 Å². The normalized spacial score (nSPS) is 11.5. The Morgan fingerprint density at radius 3 is 1.12 bits per heavy atom. The van der Waals surface area contributed by atoms with Crippen LogP contribution >= 0.6 is 0 Å². The van der Waals surface area contributed by atoms with Crippen molar-refractivity contribution in [2.45, 2.75) is 195 Å². The third kappa shape index (κ3) is 23.0. The van der Waals surface area contributed by atoms with Crippen molar-refractivity contribution in [2.24, 2.45) is 0 Å². The fraction of sp³-hybridized carbons (Fsp3) is 0.846. The summed E-state index contributed by atoms with van der Waals surface area (Å²) in [5.41, 5.74) is 3.06. The summed E-state index contributed by atoms with van der Waals surface area (Å²) in [6.45, 7) is 10.6. The molecule has 0 bridgehead atoms. The molecule has 1 aromatic rings. The van der Waals surface area contributed by atoms with Crippen LogP contribution < -0.4 is 0 Å². The second kappa shape index (κ2) is 30.9. The molecule has 0 atom stereocenters. The maximum atomic E-state index is 10.8. The van der Waals surface area contributed by atoms with E-state index in [1.165, 1.54) is 135 Å². The number of phenols is 1. The van der Waals surface area contributed by atoms with Crippen LogP contribution in [-0.4, -0.2) is 24.9 Å². The Balaban J connectivity index is 2.50. The molecule has 0 saturated carbocycles. The molecule has 0 saturated heterocycles. The third-order valence-electron chi connectivity index (χ3n) is 8.68. The Morgan fingerprint density at radius 2 is 0.721 bits per heavy atom. The molecule has 0 aromatic heterocycles. The van der Waals surface area contributed by atoms with E-state index >= 15 is 0 Å². The first kappa shape index (κ1) is 39.9. The second-order valence-electron chi connectivity index (χ2n) is 12.8. The smallest absolute Gasteiger partial charge is 0.121 e. The lowest BCUT2D eigenvalue weighted by Crippen LogP contribution is -2.08. The molecule has 252 valence electrons. The predicted molar refractivity (Wildman–Crippen MR) is 185 cm³/mol. The maximum absolute atomic E-state index is 10.8. The van der Waals surface area contributed by atoms with Gasteiger partial charge in [0.25, 0.3) is 0 Å². The van der Waals surface area contributed by atoms with Crippen LogP contribution in [0.3, 0.4) is 0 Å². The van der Waals surface area contributed by atoms with Crippen LogP contribution in [-0.2, 0) is 34.0 Å². The number of rotatable bonds is 33. The minimum absolute atomic E-state index is 0.313. The molecule has 0 spiro atoms. The molecule has 1 N–H and O–H groups in total. The zero-order valence-electron chi connectivity index (χ0n) is 29.0. The summed E-state index contributed by atoms with van der Waals surface area (Å²) in [5, 5.41) is 10.8. The van der Waals surface area contributed by atoms with E-state index in [-0.39, 0.29) is 0 Å². The van der Waals surface area contributed by atoms with Crippen LogP contribution in [0.2, 0.25) is 0 Å². The predicted octanol–water partition coefficient (Wildman–Crippen LogP) is 12.4. The molecule has 1 aromatic carbocycles. The maximum Gasteiger partial charge on any atom is 0.121 e. The van der Waals surface area contributed by atoms with Crippen LogP contribution in [0.1, 0.15) is 192 Å². The molecule has 0 aliphatic rings. The quantitative estimate of drug-likeness (QED) is 0.0811. The van der Waals surface area contributed by atoms with Gasteiger partial charge in [0.2, 0.25) is 0 Å². The highest BCUT2D eigenvalue weighted by atomic mass is 16.5. The second-order valence-corrected chi connectivity index (χ2v) is 12.8. The van der Waals surface area contributed by atoms with Gasteiger partial charge in [0.15, 0.2) is 0 Å². The first-order valence-electron chi connectivity index (χ1n) is 18.8. The first-order valence-corrected chi connectivity index (χ1v) is 18.8. The highest BCUT2D eigenvalue weighted by Crippen LogP contribution is 2.28. The van der Waals surface area contributed by atoms with Gasteiger partial charge in [0, 0.05) is 25.4 Å².